The first-order valence-electron chi connectivity index (χ1n) is 4.32. The van der Waals surface area contributed by atoms with Gasteiger partial charge < -0.3 is 0 Å². The highest BCUT2D eigenvalue weighted by Gasteiger charge is 2.13. The van der Waals surface area contributed by atoms with Gasteiger partial charge in [0.05, 0.1) is 5.56 Å². The van der Waals surface area contributed by atoms with Gasteiger partial charge in [-0.25, -0.2) is 5.84 Å². The summed E-state index contributed by atoms with van der Waals surface area (Å²) in [5.41, 5.74) is 3.59. The monoisotopic (exact) mass is 192 g/mol. The van der Waals surface area contributed by atoms with Gasteiger partial charge in [-0.15, -0.1) is 0 Å². The lowest BCUT2D eigenvalue weighted by atomic mass is 9.99. The van der Waals surface area contributed by atoms with Gasteiger partial charge in [0.25, 0.3) is 5.91 Å². The highest BCUT2D eigenvalue weighted by atomic mass is 16.2. The predicted octanol–water partition coefficient (Wildman–Crippen LogP) is 0.665. The number of nitrogen functional groups attached to an aromatic ring is 1. The predicted molar refractivity (Wildman–Crippen MR) is 52.9 cm³/mol. The van der Waals surface area contributed by atoms with Gasteiger partial charge in [-0.2, -0.15) is 0 Å². The number of aryl methyl sites for hydroxylation is 1. The number of hydrogen-bond acceptors (Lipinski definition) is 3. The van der Waals surface area contributed by atoms with Crippen molar-refractivity contribution in [1.29, 1.82) is 0 Å². The van der Waals surface area contributed by atoms with E-state index in [4.69, 9.17) is 5.84 Å². The second-order valence-corrected chi connectivity index (χ2v) is 2.83. The molecule has 0 aliphatic rings. The summed E-state index contributed by atoms with van der Waals surface area (Å²) in [7, 11) is 0. The molecule has 74 valence electrons. The molecule has 0 spiro atoms. The average molecular weight is 192 g/mol. The van der Waals surface area contributed by atoms with Gasteiger partial charge in [-0.05, 0) is 12.0 Å². The fourth-order valence-corrected chi connectivity index (χ4v) is 1.36. The van der Waals surface area contributed by atoms with E-state index in [0.29, 0.717) is 23.8 Å². The molecular weight excluding hydrogens is 180 g/mol. The number of aldehydes is 1. The lowest BCUT2D eigenvalue weighted by Gasteiger charge is -2.08. The van der Waals surface area contributed by atoms with Crippen molar-refractivity contribution in [2.75, 3.05) is 0 Å². The smallest absolute Gasteiger partial charge is 0.266 e. The Kier molecular flexibility index (Phi) is 3.36. The van der Waals surface area contributed by atoms with Crippen LogP contribution < -0.4 is 11.3 Å². The lowest BCUT2D eigenvalue weighted by molar-refractivity contribution is 0.0947. The fourth-order valence-electron chi connectivity index (χ4n) is 1.36. The summed E-state index contributed by atoms with van der Waals surface area (Å²) in [6.45, 7) is 1.91. The molecule has 0 unspecified atom stereocenters. The first kappa shape index (κ1) is 10.4. The standard InChI is InChI=1S/C10H12N2O2/c1-2-7-4-3-5-8(6-13)9(7)10(14)12-11/h3-6H,2,11H2,1H3,(H,12,14). The van der Waals surface area contributed by atoms with Crippen LogP contribution in [0.25, 0.3) is 0 Å². The minimum atomic E-state index is -0.426. The van der Waals surface area contributed by atoms with E-state index in [9.17, 15) is 9.59 Å². The van der Waals surface area contributed by atoms with Crippen LogP contribution in [0.5, 0.6) is 0 Å². The second-order valence-electron chi connectivity index (χ2n) is 2.83. The van der Waals surface area contributed by atoms with Crippen LogP contribution in [0, 0.1) is 0 Å². The quantitative estimate of drug-likeness (QED) is 0.320. The van der Waals surface area contributed by atoms with E-state index < -0.39 is 5.91 Å². The summed E-state index contributed by atoms with van der Waals surface area (Å²) in [5, 5.41) is 0. The first-order chi connectivity index (χ1) is 6.74. The Hall–Kier alpha value is -1.68. The van der Waals surface area contributed by atoms with E-state index in [-0.39, 0.29) is 0 Å². The summed E-state index contributed by atoms with van der Waals surface area (Å²) in [6, 6.07) is 5.14. The Morgan fingerprint density at radius 3 is 2.79 bits per heavy atom. The van der Waals surface area contributed by atoms with Crippen molar-refractivity contribution in [3.63, 3.8) is 0 Å². The average Bonchev–Trinajstić information content (AvgIpc) is 2.26. The molecule has 0 atom stereocenters. The largest absolute Gasteiger partial charge is 0.298 e. The molecular formula is C10H12N2O2. The third kappa shape index (κ3) is 1.80. The summed E-state index contributed by atoms with van der Waals surface area (Å²) in [6.07, 6.45) is 1.34. The Balaban J connectivity index is 3.32. The normalized spacial score (nSPS) is 9.57. The van der Waals surface area contributed by atoms with E-state index >= 15 is 0 Å². The molecule has 0 bridgehead atoms. The molecule has 0 fully saturated rings. The van der Waals surface area contributed by atoms with E-state index in [1.165, 1.54) is 0 Å². The van der Waals surface area contributed by atoms with Crippen LogP contribution >= 0.6 is 0 Å². The SMILES string of the molecule is CCc1cccc(C=O)c1C(=O)NN. The molecule has 14 heavy (non-hydrogen) atoms. The number of carbonyl (C=O) groups excluding carboxylic acids is 2. The molecule has 0 radical (unpaired) electrons. The maximum atomic E-state index is 11.4. The molecule has 0 aliphatic heterocycles. The van der Waals surface area contributed by atoms with Gasteiger partial charge in [-0.1, -0.05) is 25.1 Å². The Labute approximate surface area is 82.1 Å². The number of carbonyl (C=O) groups is 2. The van der Waals surface area contributed by atoms with Gasteiger partial charge in [0.1, 0.15) is 0 Å². The third-order valence-electron chi connectivity index (χ3n) is 2.05. The number of hydrazine groups is 1. The zero-order valence-electron chi connectivity index (χ0n) is 7.91. The number of rotatable bonds is 3. The van der Waals surface area contributed by atoms with Crippen molar-refractivity contribution in [2.45, 2.75) is 13.3 Å². The molecule has 1 aromatic carbocycles. The molecule has 0 heterocycles. The van der Waals surface area contributed by atoms with Crippen LogP contribution in [0.4, 0.5) is 0 Å². The molecule has 0 saturated heterocycles. The molecule has 1 amide bonds. The van der Waals surface area contributed by atoms with Crippen LogP contribution in [0.3, 0.4) is 0 Å². The summed E-state index contributed by atoms with van der Waals surface area (Å²) >= 11 is 0. The maximum absolute atomic E-state index is 11.4. The van der Waals surface area contributed by atoms with E-state index in [1.807, 2.05) is 12.3 Å². The van der Waals surface area contributed by atoms with Crippen LogP contribution in [0.15, 0.2) is 18.2 Å². The van der Waals surface area contributed by atoms with Gasteiger partial charge >= 0.3 is 0 Å². The highest BCUT2D eigenvalue weighted by Crippen LogP contribution is 2.13. The Morgan fingerprint density at radius 1 is 1.57 bits per heavy atom. The number of benzene rings is 1. The van der Waals surface area contributed by atoms with Crippen molar-refractivity contribution in [2.24, 2.45) is 5.84 Å². The minimum absolute atomic E-state index is 0.368. The van der Waals surface area contributed by atoms with E-state index in [0.717, 1.165) is 5.56 Å². The van der Waals surface area contributed by atoms with Crippen LogP contribution in [0.2, 0.25) is 0 Å². The summed E-state index contributed by atoms with van der Waals surface area (Å²) < 4.78 is 0. The zero-order valence-corrected chi connectivity index (χ0v) is 7.91. The second kappa shape index (κ2) is 4.53. The lowest BCUT2D eigenvalue weighted by Crippen LogP contribution is -2.31. The summed E-state index contributed by atoms with van der Waals surface area (Å²) in [5.74, 6) is 4.61. The van der Waals surface area contributed by atoms with E-state index in [1.54, 1.807) is 18.2 Å². The van der Waals surface area contributed by atoms with Crippen molar-refractivity contribution in [3.8, 4) is 0 Å². The van der Waals surface area contributed by atoms with Crippen LogP contribution in [0.1, 0.15) is 33.2 Å². The topological polar surface area (TPSA) is 72.2 Å². The number of amides is 1. The number of nitrogens with one attached hydrogen (secondary N) is 1. The molecule has 0 aromatic heterocycles. The van der Waals surface area contributed by atoms with E-state index in [2.05, 4.69) is 0 Å². The van der Waals surface area contributed by atoms with Crippen molar-refractivity contribution in [3.05, 3.63) is 34.9 Å². The van der Waals surface area contributed by atoms with Gasteiger partial charge in [0.2, 0.25) is 0 Å². The molecule has 1 aromatic rings. The molecule has 0 aliphatic carbocycles. The van der Waals surface area contributed by atoms with Crippen molar-refractivity contribution in [1.82, 2.24) is 5.43 Å². The van der Waals surface area contributed by atoms with Gasteiger partial charge in [0, 0.05) is 5.56 Å². The van der Waals surface area contributed by atoms with Gasteiger partial charge in [0.15, 0.2) is 6.29 Å². The Morgan fingerprint density at radius 2 is 2.29 bits per heavy atom. The van der Waals surface area contributed by atoms with Crippen molar-refractivity contribution < 1.29 is 9.59 Å². The highest BCUT2D eigenvalue weighted by molar-refractivity contribution is 6.02. The fraction of sp³-hybridized carbons (Fsp3) is 0.200. The molecule has 4 nitrogen and oxygen atoms in total. The number of nitrogens with two attached hydrogens (primary N) is 1. The molecule has 4 heteroatoms. The molecule has 0 saturated carbocycles. The maximum Gasteiger partial charge on any atom is 0.266 e. The Bertz CT molecular complexity index is 361. The molecule has 3 N–H and O–H groups in total. The minimum Gasteiger partial charge on any atom is -0.298 e. The number of hydrogen-bond donors (Lipinski definition) is 2. The van der Waals surface area contributed by atoms with Gasteiger partial charge in [-0.3, -0.25) is 15.0 Å². The molecule has 1 rings (SSSR count). The third-order valence-corrected chi connectivity index (χ3v) is 2.05. The van der Waals surface area contributed by atoms with Crippen molar-refractivity contribution >= 4 is 12.2 Å². The van der Waals surface area contributed by atoms with Crippen LogP contribution in [-0.4, -0.2) is 12.2 Å². The zero-order chi connectivity index (χ0) is 10.6. The summed E-state index contributed by atoms with van der Waals surface area (Å²) in [4.78, 5) is 22.1. The van der Waals surface area contributed by atoms with Crippen LogP contribution in [-0.2, 0) is 6.42 Å². The first-order valence-corrected chi connectivity index (χ1v) is 4.32.